The Labute approximate surface area is 127 Å². The van der Waals surface area contributed by atoms with Crippen LogP contribution in [-0.2, 0) is 9.59 Å². The van der Waals surface area contributed by atoms with Gasteiger partial charge >= 0.3 is 5.97 Å². The van der Waals surface area contributed by atoms with E-state index in [1.54, 1.807) is 23.1 Å². The summed E-state index contributed by atoms with van der Waals surface area (Å²) >= 11 is 5.98. The number of anilines is 1. The molecule has 0 radical (unpaired) electrons. The van der Waals surface area contributed by atoms with Crippen LogP contribution in [0.2, 0.25) is 5.02 Å². The van der Waals surface area contributed by atoms with E-state index in [0.717, 1.165) is 6.42 Å². The number of hydrogen-bond donors (Lipinski definition) is 2. The summed E-state index contributed by atoms with van der Waals surface area (Å²) in [6.07, 6.45) is 1.37. The fourth-order valence-corrected chi connectivity index (χ4v) is 2.68. The molecule has 0 unspecified atom stereocenters. The van der Waals surface area contributed by atoms with Gasteiger partial charge in [0.2, 0.25) is 5.91 Å². The summed E-state index contributed by atoms with van der Waals surface area (Å²) in [6, 6.07) is 4.36. The molecule has 1 aromatic rings. The van der Waals surface area contributed by atoms with E-state index in [1.165, 1.54) is 7.11 Å². The van der Waals surface area contributed by atoms with Crippen molar-refractivity contribution in [1.82, 2.24) is 4.90 Å². The van der Waals surface area contributed by atoms with Gasteiger partial charge in [-0.25, -0.2) is 0 Å². The number of nitrogens with one attached hydrogen (secondary N) is 1. The number of carboxylic acid groups (broad SMARTS) is 1. The van der Waals surface area contributed by atoms with Crippen LogP contribution in [0.5, 0.6) is 5.75 Å². The van der Waals surface area contributed by atoms with Crippen LogP contribution in [-0.4, -0.2) is 48.1 Å². The van der Waals surface area contributed by atoms with Crippen LogP contribution in [0.4, 0.5) is 5.69 Å². The van der Waals surface area contributed by atoms with Gasteiger partial charge in [-0.3, -0.25) is 14.5 Å². The van der Waals surface area contributed by atoms with E-state index in [4.69, 9.17) is 21.4 Å². The van der Waals surface area contributed by atoms with Crippen molar-refractivity contribution in [2.75, 3.05) is 25.5 Å². The van der Waals surface area contributed by atoms with Crippen molar-refractivity contribution in [1.29, 1.82) is 0 Å². The molecule has 7 heteroatoms. The van der Waals surface area contributed by atoms with Crippen LogP contribution >= 0.6 is 11.6 Å². The van der Waals surface area contributed by atoms with Crippen molar-refractivity contribution >= 4 is 29.2 Å². The SMILES string of the molecule is COc1ccc(NC(=O)CN2CCC[C@H]2C(=O)O)cc1Cl. The van der Waals surface area contributed by atoms with Gasteiger partial charge in [0.05, 0.1) is 18.7 Å². The molecule has 1 aromatic carbocycles. The Morgan fingerprint density at radius 1 is 1.52 bits per heavy atom. The van der Waals surface area contributed by atoms with Crippen LogP contribution in [0.25, 0.3) is 0 Å². The zero-order valence-corrected chi connectivity index (χ0v) is 12.4. The van der Waals surface area contributed by atoms with Crippen molar-refractivity contribution in [2.24, 2.45) is 0 Å². The lowest BCUT2D eigenvalue weighted by Gasteiger charge is -2.20. The minimum absolute atomic E-state index is 0.0562. The quantitative estimate of drug-likeness (QED) is 0.867. The molecule has 6 nitrogen and oxygen atoms in total. The number of amides is 1. The number of methoxy groups -OCH3 is 1. The van der Waals surface area contributed by atoms with E-state index >= 15 is 0 Å². The molecule has 0 saturated carbocycles. The number of likely N-dealkylation sites (tertiary alicyclic amines) is 1. The Bertz CT molecular complexity index is 550. The highest BCUT2D eigenvalue weighted by Gasteiger charge is 2.31. The van der Waals surface area contributed by atoms with Gasteiger partial charge in [-0.15, -0.1) is 0 Å². The number of ether oxygens (including phenoxy) is 1. The maximum atomic E-state index is 12.0. The van der Waals surface area contributed by atoms with Gasteiger partial charge < -0.3 is 15.2 Å². The number of carboxylic acids is 1. The van der Waals surface area contributed by atoms with Crippen LogP contribution in [0.1, 0.15) is 12.8 Å². The molecule has 0 spiro atoms. The monoisotopic (exact) mass is 312 g/mol. The maximum Gasteiger partial charge on any atom is 0.320 e. The van der Waals surface area contributed by atoms with E-state index in [0.29, 0.717) is 29.4 Å². The number of carbonyl (C=O) groups excluding carboxylic acids is 1. The largest absolute Gasteiger partial charge is 0.495 e. The molecule has 1 aliphatic heterocycles. The van der Waals surface area contributed by atoms with Gasteiger partial charge in [-0.2, -0.15) is 0 Å². The molecule has 0 aliphatic carbocycles. The zero-order valence-electron chi connectivity index (χ0n) is 11.6. The summed E-state index contributed by atoms with van der Waals surface area (Å²) in [4.78, 5) is 24.7. The van der Waals surface area contributed by atoms with E-state index in [9.17, 15) is 9.59 Å². The van der Waals surface area contributed by atoms with Crippen LogP contribution < -0.4 is 10.1 Å². The third-order valence-electron chi connectivity index (χ3n) is 3.43. The third-order valence-corrected chi connectivity index (χ3v) is 3.73. The summed E-state index contributed by atoms with van der Waals surface area (Å²) in [5.74, 6) is -0.614. The van der Waals surface area contributed by atoms with Gasteiger partial charge in [0, 0.05) is 5.69 Å². The fraction of sp³-hybridized carbons (Fsp3) is 0.429. The molecule has 1 saturated heterocycles. The highest BCUT2D eigenvalue weighted by atomic mass is 35.5. The van der Waals surface area contributed by atoms with E-state index in [1.807, 2.05) is 0 Å². The number of halogens is 1. The highest BCUT2D eigenvalue weighted by Crippen LogP contribution is 2.27. The summed E-state index contributed by atoms with van der Waals surface area (Å²) in [5.41, 5.74) is 0.553. The Hall–Kier alpha value is -1.79. The number of aliphatic carboxylic acids is 1. The molecular formula is C14H17ClN2O4. The summed E-state index contributed by atoms with van der Waals surface area (Å²) < 4.78 is 5.03. The van der Waals surface area contributed by atoms with Gasteiger partial charge in [0.25, 0.3) is 0 Å². The molecule has 1 atom stereocenters. The molecule has 1 fully saturated rings. The average Bonchev–Trinajstić information content (AvgIpc) is 2.87. The van der Waals surface area contributed by atoms with E-state index in [-0.39, 0.29) is 12.5 Å². The first-order valence-electron chi connectivity index (χ1n) is 6.61. The lowest BCUT2D eigenvalue weighted by molar-refractivity contribution is -0.142. The summed E-state index contributed by atoms with van der Waals surface area (Å²) in [6.45, 7) is 0.675. The molecule has 2 N–H and O–H groups in total. The molecule has 1 amide bonds. The molecule has 114 valence electrons. The topological polar surface area (TPSA) is 78.9 Å². The first kappa shape index (κ1) is 15.6. The van der Waals surface area contributed by atoms with Crippen LogP contribution in [0.15, 0.2) is 18.2 Å². The zero-order chi connectivity index (χ0) is 15.4. The molecule has 0 aromatic heterocycles. The molecule has 2 rings (SSSR count). The number of benzene rings is 1. The lowest BCUT2D eigenvalue weighted by atomic mass is 10.2. The van der Waals surface area contributed by atoms with Gasteiger partial charge in [0.15, 0.2) is 0 Å². The predicted octanol–water partition coefficient (Wildman–Crippen LogP) is 1.84. The average molecular weight is 313 g/mol. The number of hydrogen-bond acceptors (Lipinski definition) is 4. The number of rotatable bonds is 5. The number of nitrogens with zero attached hydrogens (tertiary/aromatic N) is 1. The first-order valence-corrected chi connectivity index (χ1v) is 6.99. The molecule has 1 heterocycles. The molecule has 1 aliphatic rings. The van der Waals surface area contributed by atoms with E-state index in [2.05, 4.69) is 5.32 Å². The van der Waals surface area contributed by atoms with Crippen molar-refractivity contribution in [3.8, 4) is 5.75 Å². The second kappa shape index (κ2) is 6.78. The Morgan fingerprint density at radius 2 is 2.29 bits per heavy atom. The van der Waals surface area contributed by atoms with Gasteiger partial charge in [0.1, 0.15) is 11.8 Å². The van der Waals surface area contributed by atoms with Crippen LogP contribution in [0, 0.1) is 0 Å². The van der Waals surface area contributed by atoms with Gasteiger partial charge in [-0.05, 0) is 37.6 Å². The fourth-order valence-electron chi connectivity index (χ4n) is 2.42. The highest BCUT2D eigenvalue weighted by molar-refractivity contribution is 6.32. The molecule has 0 bridgehead atoms. The smallest absolute Gasteiger partial charge is 0.320 e. The minimum atomic E-state index is -0.882. The summed E-state index contributed by atoms with van der Waals surface area (Å²) in [5, 5.41) is 12.2. The molecular weight excluding hydrogens is 296 g/mol. The number of carbonyl (C=O) groups is 2. The van der Waals surface area contributed by atoms with Crippen molar-refractivity contribution in [3.63, 3.8) is 0 Å². The standard InChI is InChI=1S/C14H17ClN2O4/c1-21-12-5-4-9(7-10(12)15)16-13(18)8-17-6-2-3-11(17)14(19)20/h4-5,7,11H,2-3,6,8H2,1H3,(H,16,18)(H,19,20)/t11-/m0/s1. The van der Waals surface area contributed by atoms with Crippen molar-refractivity contribution in [3.05, 3.63) is 23.2 Å². The van der Waals surface area contributed by atoms with Crippen molar-refractivity contribution < 1.29 is 19.4 Å². The Kier molecular flexibility index (Phi) is 5.03. The minimum Gasteiger partial charge on any atom is -0.495 e. The Balaban J connectivity index is 1.95. The molecule has 21 heavy (non-hydrogen) atoms. The van der Waals surface area contributed by atoms with Crippen molar-refractivity contribution in [2.45, 2.75) is 18.9 Å². The third kappa shape index (κ3) is 3.86. The van der Waals surface area contributed by atoms with E-state index < -0.39 is 12.0 Å². The van der Waals surface area contributed by atoms with Gasteiger partial charge in [-0.1, -0.05) is 11.6 Å². The lowest BCUT2D eigenvalue weighted by Crippen LogP contribution is -2.40. The normalized spacial score (nSPS) is 18.5. The first-order chi connectivity index (χ1) is 10.0. The Morgan fingerprint density at radius 3 is 2.90 bits per heavy atom. The predicted molar refractivity (Wildman–Crippen MR) is 78.9 cm³/mol. The maximum absolute atomic E-state index is 12.0. The second-order valence-corrected chi connectivity index (χ2v) is 5.27. The second-order valence-electron chi connectivity index (χ2n) is 4.86. The van der Waals surface area contributed by atoms with Crippen LogP contribution in [0.3, 0.4) is 0 Å². The summed E-state index contributed by atoms with van der Waals surface area (Å²) in [7, 11) is 1.51.